The molecule has 2 rings (SSSR count). The zero-order valence-corrected chi connectivity index (χ0v) is 13.1. The van der Waals surface area contributed by atoms with Gasteiger partial charge in [-0.2, -0.15) is 4.31 Å². The highest BCUT2D eigenvalue weighted by atomic mass is 32.2. The second-order valence-electron chi connectivity index (χ2n) is 5.33. The summed E-state index contributed by atoms with van der Waals surface area (Å²) >= 11 is 0. The molecule has 1 saturated heterocycles. The van der Waals surface area contributed by atoms with Crippen LogP contribution in [-0.2, 0) is 14.8 Å². The molecule has 122 valence electrons. The van der Waals surface area contributed by atoms with Crippen molar-refractivity contribution in [3.63, 3.8) is 0 Å². The summed E-state index contributed by atoms with van der Waals surface area (Å²) in [6.45, 7) is 1.54. The zero-order valence-electron chi connectivity index (χ0n) is 12.3. The van der Waals surface area contributed by atoms with Crippen molar-refractivity contribution in [2.45, 2.75) is 30.7 Å². The Kier molecular flexibility index (Phi) is 4.72. The number of piperidine rings is 1. The molecule has 2 atom stereocenters. The average molecular weight is 331 g/mol. The van der Waals surface area contributed by atoms with E-state index in [1.165, 1.54) is 13.2 Å². The van der Waals surface area contributed by atoms with Crippen LogP contribution in [-0.4, -0.2) is 43.5 Å². The van der Waals surface area contributed by atoms with Gasteiger partial charge in [-0.15, -0.1) is 0 Å². The predicted molar refractivity (Wildman–Crippen MR) is 76.7 cm³/mol. The third kappa shape index (κ3) is 3.07. The molecule has 1 N–H and O–H groups in total. The number of nitrogens with zero attached hydrogens (tertiary/aromatic N) is 1. The number of carboxylic acid groups (broad SMARTS) is 1. The minimum atomic E-state index is -4.09. The van der Waals surface area contributed by atoms with Crippen molar-refractivity contribution in [1.29, 1.82) is 0 Å². The summed E-state index contributed by atoms with van der Waals surface area (Å²) in [7, 11) is -2.74. The van der Waals surface area contributed by atoms with E-state index in [9.17, 15) is 17.6 Å². The van der Waals surface area contributed by atoms with Crippen molar-refractivity contribution in [3.05, 3.63) is 24.0 Å². The van der Waals surface area contributed by atoms with Crippen LogP contribution in [0.5, 0.6) is 5.75 Å². The topological polar surface area (TPSA) is 83.9 Å². The fourth-order valence-electron chi connectivity index (χ4n) is 2.56. The normalized spacial score (nSPS) is 23.2. The van der Waals surface area contributed by atoms with E-state index in [0.717, 1.165) is 16.4 Å². The second-order valence-corrected chi connectivity index (χ2v) is 7.19. The largest absolute Gasteiger partial charge is 0.497 e. The van der Waals surface area contributed by atoms with Gasteiger partial charge >= 0.3 is 5.97 Å². The third-order valence-electron chi connectivity index (χ3n) is 3.90. The first-order valence-corrected chi connectivity index (χ1v) is 8.29. The number of aliphatic carboxylic acids is 1. The van der Waals surface area contributed by atoms with E-state index in [0.29, 0.717) is 12.8 Å². The van der Waals surface area contributed by atoms with Crippen molar-refractivity contribution < 1.29 is 27.4 Å². The van der Waals surface area contributed by atoms with Gasteiger partial charge in [-0.05, 0) is 31.9 Å². The van der Waals surface area contributed by atoms with Gasteiger partial charge in [0.2, 0.25) is 10.0 Å². The van der Waals surface area contributed by atoms with E-state index in [-0.39, 0.29) is 18.3 Å². The number of ether oxygens (including phenoxy) is 1. The summed E-state index contributed by atoms with van der Waals surface area (Å²) in [6.07, 6.45) is 0.835. The van der Waals surface area contributed by atoms with Crippen LogP contribution in [0, 0.1) is 11.7 Å². The second kappa shape index (κ2) is 6.21. The van der Waals surface area contributed by atoms with E-state index >= 15 is 0 Å². The molecule has 0 aliphatic carbocycles. The Balaban J connectivity index is 2.38. The first kappa shape index (κ1) is 16.7. The number of carbonyl (C=O) groups is 1. The summed E-state index contributed by atoms with van der Waals surface area (Å²) in [5.74, 6) is -2.51. The summed E-state index contributed by atoms with van der Waals surface area (Å²) in [4.78, 5) is 10.6. The number of hydrogen-bond acceptors (Lipinski definition) is 4. The lowest BCUT2D eigenvalue weighted by atomic mass is 9.96. The molecule has 1 aliphatic heterocycles. The van der Waals surface area contributed by atoms with Crippen molar-refractivity contribution in [2.75, 3.05) is 13.7 Å². The number of hydrogen-bond donors (Lipinski definition) is 1. The van der Waals surface area contributed by atoms with Crippen LogP contribution in [0.2, 0.25) is 0 Å². The molecule has 1 heterocycles. The molecular weight excluding hydrogens is 313 g/mol. The summed E-state index contributed by atoms with van der Waals surface area (Å²) in [5, 5.41) is 9.09. The van der Waals surface area contributed by atoms with E-state index in [1.54, 1.807) is 6.92 Å². The minimum absolute atomic E-state index is 0.149. The molecule has 2 unspecified atom stereocenters. The number of benzene rings is 1. The maximum atomic E-state index is 14.1. The van der Waals surface area contributed by atoms with Gasteiger partial charge in [-0.25, -0.2) is 12.8 Å². The van der Waals surface area contributed by atoms with Gasteiger partial charge in [0.15, 0.2) is 0 Å². The third-order valence-corrected chi connectivity index (χ3v) is 5.91. The van der Waals surface area contributed by atoms with Crippen molar-refractivity contribution in [1.82, 2.24) is 4.31 Å². The van der Waals surface area contributed by atoms with Crippen LogP contribution in [0.25, 0.3) is 0 Å². The van der Waals surface area contributed by atoms with Crippen LogP contribution >= 0.6 is 0 Å². The molecule has 0 spiro atoms. The smallest absolute Gasteiger partial charge is 0.307 e. The van der Waals surface area contributed by atoms with Crippen molar-refractivity contribution in [3.8, 4) is 5.75 Å². The number of carboxylic acids is 1. The molecule has 22 heavy (non-hydrogen) atoms. The van der Waals surface area contributed by atoms with E-state index in [4.69, 9.17) is 9.84 Å². The van der Waals surface area contributed by atoms with Crippen LogP contribution in [0.3, 0.4) is 0 Å². The highest BCUT2D eigenvalue weighted by molar-refractivity contribution is 7.89. The van der Waals surface area contributed by atoms with Crippen LogP contribution in [0.15, 0.2) is 23.1 Å². The first-order chi connectivity index (χ1) is 10.3. The molecule has 0 amide bonds. The van der Waals surface area contributed by atoms with Gasteiger partial charge in [0.05, 0.1) is 13.0 Å². The standard InChI is InChI=1S/C14H18FNO5S/c1-9-3-4-10(14(17)18)8-16(9)22(19,20)13-6-5-11(21-2)7-12(13)15/h5-7,9-10H,3-4,8H2,1-2H3,(H,17,18). The Labute approximate surface area is 128 Å². The fraction of sp³-hybridized carbons (Fsp3) is 0.500. The molecule has 6 nitrogen and oxygen atoms in total. The maximum Gasteiger partial charge on any atom is 0.307 e. The van der Waals surface area contributed by atoms with Crippen LogP contribution in [0.4, 0.5) is 4.39 Å². The Hall–Kier alpha value is -1.67. The lowest BCUT2D eigenvalue weighted by Gasteiger charge is -2.35. The highest BCUT2D eigenvalue weighted by Gasteiger charge is 2.38. The van der Waals surface area contributed by atoms with Crippen molar-refractivity contribution in [2.24, 2.45) is 5.92 Å². The Morgan fingerprint density at radius 2 is 2.09 bits per heavy atom. The molecular formula is C14H18FNO5S. The van der Waals surface area contributed by atoms with Gasteiger partial charge in [-0.1, -0.05) is 0 Å². The lowest BCUT2D eigenvalue weighted by molar-refractivity contribution is -0.143. The summed E-state index contributed by atoms with van der Waals surface area (Å²) in [5.41, 5.74) is 0. The number of rotatable bonds is 4. The Morgan fingerprint density at radius 1 is 1.41 bits per heavy atom. The first-order valence-electron chi connectivity index (χ1n) is 6.85. The van der Waals surface area contributed by atoms with E-state index in [2.05, 4.69) is 0 Å². The van der Waals surface area contributed by atoms with E-state index < -0.39 is 32.6 Å². The molecule has 0 aromatic heterocycles. The summed E-state index contributed by atoms with van der Waals surface area (Å²) in [6, 6.07) is 3.12. The molecule has 0 radical (unpaired) electrons. The average Bonchev–Trinajstić information content (AvgIpc) is 2.46. The molecule has 0 saturated carbocycles. The maximum absolute atomic E-state index is 14.1. The molecule has 1 aliphatic rings. The van der Waals surface area contributed by atoms with Crippen LogP contribution in [0.1, 0.15) is 19.8 Å². The zero-order chi connectivity index (χ0) is 16.5. The number of sulfonamides is 1. The molecule has 1 fully saturated rings. The molecule has 0 bridgehead atoms. The van der Waals surface area contributed by atoms with E-state index in [1.807, 2.05) is 0 Å². The van der Waals surface area contributed by atoms with Gasteiger partial charge in [0, 0.05) is 18.7 Å². The molecule has 1 aromatic rings. The Morgan fingerprint density at radius 3 is 2.64 bits per heavy atom. The SMILES string of the molecule is COc1ccc(S(=O)(=O)N2CC(C(=O)O)CCC2C)c(F)c1. The van der Waals surface area contributed by atoms with Crippen molar-refractivity contribution >= 4 is 16.0 Å². The van der Waals surface area contributed by atoms with Gasteiger partial charge in [0.1, 0.15) is 16.5 Å². The number of halogens is 1. The Bertz CT molecular complexity index is 676. The molecule has 1 aromatic carbocycles. The quantitative estimate of drug-likeness (QED) is 0.908. The lowest BCUT2D eigenvalue weighted by Crippen LogP contribution is -2.47. The minimum Gasteiger partial charge on any atom is -0.497 e. The van der Waals surface area contributed by atoms with Gasteiger partial charge < -0.3 is 9.84 Å². The highest BCUT2D eigenvalue weighted by Crippen LogP contribution is 2.30. The predicted octanol–water partition coefficient (Wildman–Crippen LogP) is 1.71. The fourth-order valence-corrected chi connectivity index (χ4v) is 4.31. The number of methoxy groups -OCH3 is 1. The van der Waals surface area contributed by atoms with Gasteiger partial charge in [0.25, 0.3) is 0 Å². The monoisotopic (exact) mass is 331 g/mol. The van der Waals surface area contributed by atoms with Gasteiger partial charge in [-0.3, -0.25) is 4.79 Å². The molecule has 8 heteroatoms. The summed E-state index contributed by atoms with van der Waals surface area (Å²) < 4.78 is 45.3. The van der Waals surface area contributed by atoms with Crippen LogP contribution < -0.4 is 4.74 Å².